The summed E-state index contributed by atoms with van der Waals surface area (Å²) in [6.45, 7) is 4.42. The Morgan fingerprint density at radius 3 is 2.37 bits per heavy atom. The molecule has 0 spiro atoms. The number of fused-ring (bicyclic) bond motifs is 2. The number of hydrogen-bond acceptors (Lipinski definition) is 11. The molecule has 2 N–H and O–H groups in total. The van der Waals surface area contributed by atoms with Crippen molar-refractivity contribution in [1.82, 2.24) is 33.9 Å². The molecule has 2 aromatic carbocycles. The monoisotopic (exact) mass is 883 g/mol. The van der Waals surface area contributed by atoms with E-state index in [4.69, 9.17) is 16.6 Å². The number of para-hydroxylation sites is 1. The van der Waals surface area contributed by atoms with Crippen molar-refractivity contribution in [2.45, 2.75) is 112 Å². The van der Waals surface area contributed by atoms with Gasteiger partial charge in [-0.2, -0.15) is 4.98 Å². The van der Waals surface area contributed by atoms with E-state index in [0.717, 1.165) is 87.8 Å². The van der Waals surface area contributed by atoms with Crippen molar-refractivity contribution in [3.05, 3.63) is 80.1 Å². The maximum atomic E-state index is 14.0. The fourth-order valence-electron chi connectivity index (χ4n) is 10.5. The zero-order valence-corrected chi connectivity index (χ0v) is 37.1. The highest BCUT2D eigenvalue weighted by molar-refractivity contribution is 7.92. The summed E-state index contributed by atoms with van der Waals surface area (Å²) in [6.07, 6.45) is 10.9. The van der Waals surface area contributed by atoms with Crippen LogP contribution in [0.1, 0.15) is 94.7 Å². The van der Waals surface area contributed by atoms with E-state index in [-0.39, 0.29) is 34.6 Å². The summed E-state index contributed by atoms with van der Waals surface area (Å²) < 4.78 is 32.8. The molecule has 15 nitrogen and oxygen atoms in total. The van der Waals surface area contributed by atoms with E-state index in [9.17, 15) is 27.6 Å². The second-order valence-corrected chi connectivity index (χ2v) is 20.5. The number of sulfone groups is 1. The lowest BCUT2D eigenvalue weighted by Gasteiger charge is -2.40. The number of nitrogens with zero attached hydrogens (tertiary/aromatic N) is 7. The molecule has 1 unspecified atom stereocenters. The Bertz CT molecular complexity index is 2800. The van der Waals surface area contributed by atoms with Crippen LogP contribution in [-0.4, -0.2) is 86.8 Å². The highest BCUT2D eigenvalue weighted by Gasteiger charge is 2.35. The van der Waals surface area contributed by atoms with Crippen molar-refractivity contribution in [1.29, 1.82) is 0 Å². The Labute approximate surface area is 365 Å². The van der Waals surface area contributed by atoms with Gasteiger partial charge in [-0.15, -0.1) is 0 Å². The van der Waals surface area contributed by atoms with Gasteiger partial charge in [0.15, 0.2) is 9.84 Å². The third kappa shape index (κ3) is 7.82. The van der Waals surface area contributed by atoms with Gasteiger partial charge in [-0.05, 0) is 120 Å². The lowest BCUT2D eigenvalue weighted by atomic mass is 9.88. The molecule has 0 radical (unpaired) electrons. The summed E-state index contributed by atoms with van der Waals surface area (Å²) in [6, 6.07) is 12.3. The Hall–Kier alpha value is -5.06. The predicted octanol–water partition coefficient (Wildman–Crippen LogP) is 6.18. The summed E-state index contributed by atoms with van der Waals surface area (Å²) in [5.74, 6) is -0.0169. The minimum atomic E-state index is -3.55. The van der Waals surface area contributed by atoms with Crippen LogP contribution in [0.2, 0.25) is 5.02 Å². The molecule has 4 fully saturated rings. The number of aromatic nitrogens is 5. The molecule has 2 aliphatic heterocycles. The van der Waals surface area contributed by atoms with Crippen molar-refractivity contribution < 1.29 is 18.0 Å². The van der Waals surface area contributed by atoms with E-state index in [2.05, 4.69) is 32.5 Å². The molecule has 0 bridgehead atoms. The number of halogens is 1. The molecular weight excluding hydrogens is 830 g/mol. The molecule has 5 heterocycles. The summed E-state index contributed by atoms with van der Waals surface area (Å²) >= 11 is 6.31. The number of pyridine rings is 1. The lowest BCUT2D eigenvalue weighted by molar-refractivity contribution is -0.135. The summed E-state index contributed by atoms with van der Waals surface area (Å²) in [7, 11) is 0.372. The third-order valence-electron chi connectivity index (χ3n) is 14.0. The largest absolute Gasteiger partial charge is 0.370 e. The average molecular weight is 885 g/mol. The van der Waals surface area contributed by atoms with Crippen LogP contribution in [0.3, 0.4) is 0 Å². The van der Waals surface area contributed by atoms with Gasteiger partial charge in [0.1, 0.15) is 16.7 Å². The van der Waals surface area contributed by atoms with Crippen LogP contribution in [0.15, 0.2) is 63.1 Å². The van der Waals surface area contributed by atoms with Crippen LogP contribution in [0.25, 0.3) is 22.1 Å². The van der Waals surface area contributed by atoms with Gasteiger partial charge in [0.05, 0.1) is 26.9 Å². The number of imide groups is 1. The highest BCUT2D eigenvalue weighted by Crippen LogP contribution is 2.36. The van der Waals surface area contributed by atoms with E-state index in [1.807, 2.05) is 25.1 Å². The van der Waals surface area contributed by atoms with Gasteiger partial charge in [-0.3, -0.25) is 33.4 Å². The molecule has 17 heteroatoms. The fraction of sp³-hybridized carbons (Fsp3) is 0.511. The van der Waals surface area contributed by atoms with Crippen LogP contribution >= 0.6 is 11.6 Å². The van der Waals surface area contributed by atoms with Gasteiger partial charge in [-0.25, -0.2) is 18.2 Å². The normalized spacial score (nSPS) is 22.0. The van der Waals surface area contributed by atoms with E-state index >= 15 is 0 Å². The van der Waals surface area contributed by atoms with Gasteiger partial charge >= 0.3 is 5.69 Å². The molecule has 9 rings (SSSR count). The number of carbonyl (C=O) groups excluding carboxylic acids is 2. The molecule has 328 valence electrons. The van der Waals surface area contributed by atoms with Crippen LogP contribution in [-0.2, 0) is 26.5 Å². The molecule has 1 atom stereocenters. The Morgan fingerprint density at radius 2 is 1.66 bits per heavy atom. The number of aryl methyl sites for hydroxylation is 2. The number of amides is 2. The maximum Gasteiger partial charge on any atom is 0.329 e. The van der Waals surface area contributed by atoms with E-state index < -0.39 is 27.0 Å². The van der Waals surface area contributed by atoms with Crippen molar-refractivity contribution in [3.8, 4) is 0 Å². The predicted molar refractivity (Wildman–Crippen MR) is 240 cm³/mol. The quantitative estimate of drug-likeness (QED) is 0.154. The van der Waals surface area contributed by atoms with Gasteiger partial charge in [-0.1, -0.05) is 30.5 Å². The van der Waals surface area contributed by atoms with E-state index in [1.54, 1.807) is 46.6 Å². The van der Waals surface area contributed by atoms with Crippen molar-refractivity contribution in [3.63, 3.8) is 0 Å². The topological polar surface area (TPSA) is 174 Å². The number of piperidine rings is 2. The average Bonchev–Trinajstić information content (AvgIpc) is 3.88. The Morgan fingerprint density at radius 1 is 0.919 bits per heavy atom. The van der Waals surface area contributed by atoms with Gasteiger partial charge < -0.3 is 15.1 Å². The molecule has 2 aliphatic carbocycles. The van der Waals surface area contributed by atoms with Crippen molar-refractivity contribution >= 4 is 72.6 Å². The molecule has 2 saturated heterocycles. The van der Waals surface area contributed by atoms with Gasteiger partial charge in [0, 0.05) is 62.5 Å². The van der Waals surface area contributed by atoms with Crippen molar-refractivity contribution in [2.75, 3.05) is 36.9 Å². The number of imidazole rings is 1. The summed E-state index contributed by atoms with van der Waals surface area (Å²) in [5.41, 5.74) is 3.91. The first-order valence-electron chi connectivity index (χ1n) is 22.0. The van der Waals surface area contributed by atoms with E-state index in [1.165, 1.54) is 4.57 Å². The SMILES string of the molecule is Cc1cc(S(=O)(=O)C2CCC(CN(C)C3CCN(c4cccc5c4n(C)c(=O)n5C4CCC(=O)NC4=O)CC3)CC2)ccc1Nc1ncc2cc(Cl)c(=O)n(C3CCCC3)c2n1. The maximum absolute atomic E-state index is 14.0. The minimum absolute atomic E-state index is 0.0442. The smallest absolute Gasteiger partial charge is 0.329 e. The third-order valence-corrected chi connectivity index (χ3v) is 16.5. The Balaban J connectivity index is 0.800. The standard InChI is InChI=1S/C45H54ClN9O6S/c1-27-23-33(15-16-35(27)48-44-47-25-29-24-34(46)43(58)54(41(29)50-44)31-7-4-5-8-31)62(60,61)32-13-11-28(12-14-32)26-51(2)30-19-21-53(22-20-30)36-9-6-10-37-40(36)52(3)45(59)55(37)38-17-18-39(56)49-42(38)57/h6,9-10,15-16,23-25,28,30-32,38H,4-5,7-8,11-14,17-22,26H2,1-3H3,(H,47,48,50)(H,49,56,57). The number of anilines is 3. The van der Waals surface area contributed by atoms with Crippen LogP contribution in [0.4, 0.5) is 17.3 Å². The molecule has 3 aromatic heterocycles. The molecular formula is C45H54ClN9O6S. The second-order valence-electron chi connectivity index (χ2n) is 17.8. The Kier molecular flexibility index (Phi) is 11.5. The van der Waals surface area contributed by atoms with Gasteiger partial charge in [0.25, 0.3) is 5.56 Å². The van der Waals surface area contributed by atoms with Crippen LogP contribution in [0, 0.1) is 12.8 Å². The first kappa shape index (κ1) is 42.3. The van der Waals surface area contributed by atoms with Crippen LogP contribution < -0.4 is 26.8 Å². The zero-order valence-electron chi connectivity index (χ0n) is 35.5. The molecule has 62 heavy (non-hydrogen) atoms. The van der Waals surface area contributed by atoms with Gasteiger partial charge in [0.2, 0.25) is 17.8 Å². The summed E-state index contributed by atoms with van der Waals surface area (Å²) in [5, 5.41) is 6.05. The number of rotatable bonds is 10. The molecule has 4 aliphatic rings. The number of carbonyl (C=O) groups is 2. The molecule has 5 aromatic rings. The van der Waals surface area contributed by atoms with Crippen molar-refractivity contribution in [2.24, 2.45) is 13.0 Å². The first-order valence-corrected chi connectivity index (χ1v) is 23.9. The summed E-state index contributed by atoms with van der Waals surface area (Å²) in [4.78, 5) is 65.4. The fourth-order valence-corrected chi connectivity index (χ4v) is 12.6. The number of hydrogen-bond donors (Lipinski definition) is 2. The molecule has 2 amide bonds. The minimum Gasteiger partial charge on any atom is -0.370 e. The highest BCUT2D eigenvalue weighted by atomic mass is 35.5. The first-order chi connectivity index (χ1) is 29.8. The zero-order chi connectivity index (χ0) is 43.4. The lowest BCUT2D eigenvalue weighted by Crippen LogP contribution is -2.45. The second kappa shape index (κ2) is 16.9. The number of benzene rings is 2. The van der Waals surface area contributed by atoms with Crippen LogP contribution in [0.5, 0.6) is 0 Å². The molecule has 2 saturated carbocycles. The number of nitrogens with one attached hydrogen (secondary N) is 2. The van der Waals surface area contributed by atoms with E-state index in [0.29, 0.717) is 64.3 Å².